The zero-order chi connectivity index (χ0) is 24.2. The number of aliphatic imine (C=N–C) groups is 1. The summed E-state index contributed by atoms with van der Waals surface area (Å²) in [5.74, 6) is 0.458. The van der Waals surface area contributed by atoms with Crippen LogP contribution in [-0.2, 0) is 20.0 Å². The molecule has 0 saturated carbocycles. The van der Waals surface area contributed by atoms with Crippen LogP contribution in [0.5, 0.6) is 0 Å². The van der Waals surface area contributed by atoms with Gasteiger partial charge in [0.05, 0.1) is 18.2 Å². The Bertz CT molecular complexity index is 1120. The molecule has 0 aliphatic carbocycles. The highest BCUT2D eigenvalue weighted by molar-refractivity contribution is 7.92. The second-order valence-corrected chi connectivity index (χ2v) is 11.1. The second-order valence-electron chi connectivity index (χ2n) is 7.94. The number of azo groups is 1. The summed E-state index contributed by atoms with van der Waals surface area (Å²) in [5, 5.41) is 22.6. The number of benzene rings is 1. The molecule has 1 aromatic rings. The van der Waals surface area contributed by atoms with Crippen molar-refractivity contribution < 1.29 is 21.9 Å². The minimum atomic E-state index is -4.55. The van der Waals surface area contributed by atoms with E-state index in [1.54, 1.807) is 0 Å². The van der Waals surface area contributed by atoms with Crippen molar-refractivity contribution in [3.05, 3.63) is 17.7 Å². The van der Waals surface area contributed by atoms with Crippen molar-refractivity contribution in [1.82, 2.24) is 4.72 Å². The predicted octanol–water partition coefficient (Wildman–Crippen LogP) is -1.33. The Kier molecular flexibility index (Phi) is 8.15. The lowest BCUT2D eigenvalue weighted by Gasteiger charge is -2.35. The fourth-order valence-electron chi connectivity index (χ4n) is 4.03. The summed E-state index contributed by atoms with van der Waals surface area (Å²) in [6, 6.07) is 1.70. The van der Waals surface area contributed by atoms with Gasteiger partial charge < -0.3 is 21.5 Å². The van der Waals surface area contributed by atoms with Crippen molar-refractivity contribution in [3.8, 4) is 0 Å². The number of nitrogens with one attached hydrogen (secondary N) is 1. The number of amidine groups is 1. The topological polar surface area (TPSA) is 219 Å². The van der Waals surface area contributed by atoms with Gasteiger partial charge in [-0.1, -0.05) is 0 Å². The zero-order valence-electron chi connectivity index (χ0n) is 18.1. The summed E-state index contributed by atoms with van der Waals surface area (Å²) in [7, 11) is -8.98. The van der Waals surface area contributed by atoms with E-state index in [2.05, 4.69) is 19.9 Å². The maximum atomic E-state index is 13.1. The first-order chi connectivity index (χ1) is 15.6. The van der Waals surface area contributed by atoms with Crippen molar-refractivity contribution in [3.63, 3.8) is 0 Å². The Morgan fingerprint density at radius 3 is 2.39 bits per heavy atom. The molecule has 2 aliphatic rings. The van der Waals surface area contributed by atoms with Crippen molar-refractivity contribution in [2.24, 2.45) is 37.7 Å². The van der Waals surface area contributed by atoms with Gasteiger partial charge in [-0.2, -0.15) is 5.11 Å². The maximum absolute atomic E-state index is 13.1. The standard InChI is InChI=1S/C18H30N8O5S2/c19-6-3-12-4-7-26(8-5-12)14-1-2-15(33(30,31)25-13(9-20)10-27)17(32(21,28)29)16(14)18-22-11-23-24-18/h1-2,12-13,25,27H,3-11,19-20H2,(H2,21,28,29)/t13-/m0/s1. The first-order valence-electron chi connectivity index (χ1n) is 10.5. The minimum absolute atomic E-state index is 0.00677. The van der Waals surface area contributed by atoms with Crippen LogP contribution < -0.4 is 26.2 Å². The lowest BCUT2D eigenvalue weighted by Crippen LogP contribution is -2.43. The Morgan fingerprint density at radius 2 is 1.88 bits per heavy atom. The monoisotopic (exact) mass is 502 g/mol. The van der Waals surface area contributed by atoms with Crippen LogP contribution in [-0.4, -0.2) is 73.3 Å². The van der Waals surface area contributed by atoms with Crippen LogP contribution >= 0.6 is 0 Å². The molecule has 0 radical (unpaired) electrons. The van der Waals surface area contributed by atoms with Crippen LogP contribution in [0.3, 0.4) is 0 Å². The molecular weight excluding hydrogens is 472 g/mol. The average Bonchev–Trinajstić information content (AvgIpc) is 3.31. The van der Waals surface area contributed by atoms with Crippen LogP contribution in [0.15, 0.2) is 37.1 Å². The number of anilines is 1. The van der Waals surface area contributed by atoms with Gasteiger partial charge in [0, 0.05) is 25.3 Å². The highest BCUT2D eigenvalue weighted by atomic mass is 32.2. The molecule has 1 fully saturated rings. The average molecular weight is 503 g/mol. The third kappa shape index (κ3) is 5.74. The molecule has 3 rings (SSSR count). The number of primary sulfonamides is 1. The number of aliphatic hydroxyl groups excluding tert-OH is 1. The number of nitrogens with two attached hydrogens (primary N) is 3. The lowest BCUT2D eigenvalue weighted by atomic mass is 9.93. The molecule has 0 unspecified atom stereocenters. The van der Waals surface area contributed by atoms with Crippen LogP contribution in [0.1, 0.15) is 24.8 Å². The largest absolute Gasteiger partial charge is 0.395 e. The number of piperidine rings is 1. The summed E-state index contributed by atoms with van der Waals surface area (Å²) >= 11 is 0. The third-order valence-electron chi connectivity index (χ3n) is 5.70. The fraction of sp³-hybridized carbons (Fsp3) is 0.611. The quantitative estimate of drug-likeness (QED) is 0.257. The maximum Gasteiger partial charge on any atom is 0.242 e. The normalized spacial score (nSPS) is 18.5. The molecule has 33 heavy (non-hydrogen) atoms. The van der Waals surface area contributed by atoms with Crippen LogP contribution in [0.25, 0.3) is 0 Å². The Labute approximate surface area is 193 Å². The highest BCUT2D eigenvalue weighted by Gasteiger charge is 2.35. The summed E-state index contributed by atoms with van der Waals surface area (Å²) in [4.78, 5) is 4.92. The van der Waals surface area contributed by atoms with Gasteiger partial charge in [-0.25, -0.2) is 31.7 Å². The zero-order valence-corrected chi connectivity index (χ0v) is 19.7. The first-order valence-corrected chi connectivity index (χ1v) is 13.6. The van der Waals surface area contributed by atoms with E-state index in [9.17, 15) is 21.9 Å². The Balaban J connectivity index is 2.17. The van der Waals surface area contributed by atoms with E-state index in [-0.39, 0.29) is 24.6 Å². The summed E-state index contributed by atoms with van der Waals surface area (Å²) in [6.07, 6.45) is 2.61. The van der Waals surface area contributed by atoms with Crippen molar-refractivity contribution in [1.29, 1.82) is 0 Å². The van der Waals surface area contributed by atoms with Crippen LogP contribution in [0.2, 0.25) is 0 Å². The van der Waals surface area contributed by atoms with Crippen molar-refractivity contribution in [2.75, 3.05) is 44.4 Å². The third-order valence-corrected chi connectivity index (χ3v) is 8.39. The number of nitrogens with zero attached hydrogens (tertiary/aromatic N) is 4. The molecule has 0 aromatic heterocycles. The molecule has 0 spiro atoms. The van der Waals surface area contributed by atoms with Gasteiger partial charge in [0.15, 0.2) is 12.5 Å². The Morgan fingerprint density at radius 1 is 1.18 bits per heavy atom. The van der Waals surface area contributed by atoms with Crippen molar-refractivity contribution in [2.45, 2.75) is 35.1 Å². The van der Waals surface area contributed by atoms with Gasteiger partial charge in [0.2, 0.25) is 20.0 Å². The van der Waals surface area contributed by atoms with E-state index < -0.39 is 42.5 Å². The number of hydrogen-bond acceptors (Lipinski definition) is 11. The lowest BCUT2D eigenvalue weighted by molar-refractivity contribution is 0.259. The number of hydrogen-bond donors (Lipinski definition) is 5. The van der Waals surface area contributed by atoms with Gasteiger partial charge in [-0.15, -0.1) is 5.11 Å². The van der Waals surface area contributed by atoms with Crippen molar-refractivity contribution >= 4 is 31.6 Å². The van der Waals surface area contributed by atoms with Gasteiger partial charge in [-0.05, 0) is 43.9 Å². The molecule has 2 heterocycles. The SMILES string of the molecule is NCCC1CCN(c2ccc(S(=O)(=O)N[C@@H](CN)CO)c(S(N)(=O)=O)c2C2=NCN=N2)CC1. The molecule has 1 saturated heterocycles. The molecule has 1 atom stereocenters. The highest BCUT2D eigenvalue weighted by Crippen LogP contribution is 2.36. The van der Waals surface area contributed by atoms with Gasteiger partial charge in [0.1, 0.15) is 9.79 Å². The van der Waals surface area contributed by atoms with E-state index in [1.807, 2.05) is 4.90 Å². The smallest absolute Gasteiger partial charge is 0.242 e. The molecule has 0 bridgehead atoms. The number of rotatable bonds is 10. The van der Waals surface area contributed by atoms with E-state index in [0.717, 1.165) is 19.3 Å². The second kappa shape index (κ2) is 10.5. The molecule has 15 heteroatoms. The predicted molar refractivity (Wildman–Crippen MR) is 123 cm³/mol. The van der Waals surface area contributed by atoms with Gasteiger partial charge in [-0.3, -0.25) is 0 Å². The molecule has 1 aromatic carbocycles. The van der Waals surface area contributed by atoms with Crippen LogP contribution in [0, 0.1) is 5.92 Å². The molecule has 0 amide bonds. The molecular formula is C18H30N8O5S2. The fourth-order valence-corrected chi connectivity index (χ4v) is 6.86. The molecule has 13 nitrogen and oxygen atoms in total. The molecule has 184 valence electrons. The minimum Gasteiger partial charge on any atom is -0.395 e. The summed E-state index contributed by atoms with van der Waals surface area (Å²) in [5.41, 5.74) is 11.6. The van der Waals surface area contributed by atoms with E-state index in [1.165, 1.54) is 12.1 Å². The first kappa shape index (κ1) is 25.6. The van der Waals surface area contributed by atoms with Gasteiger partial charge in [0.25, 0.3) is 0 Å². The van der Waals surface area contributed by atoms with Crippen LogP contribution in [0.4, 0.5) is 5.69 Å². The van der Waals surface area contributed by atoms with E-state index >= 15 is 0 Å². The number of sulfonamides is 2. The Hall–Kier alpha value is -2.01. The number of aliphatic hydroxyl groups is 1. The summed E-state index contributed by atoms with van der Waals surface area (Å²) in [6.45, 7) is 1.08. The van der Waals surface area contributed by atoms with E-state index in [0.29, 0.717) is 31.2 Å². The molecule has 8 N–H and O–H groups in total. The van der Waals surface area contributed by atoms with E-state index in [4.69, 9.17) is 16.6 Å². The summed E-state index contributed by atoms with van der Waals surface area (Å²) < 4.78 is 53.8. The van der Waals surface area contributed by atoms with Gasteiger partial charge >= 0.3 is 0 Å². The molecule has 2 aliphatic heterocycles.